The Labute approximate surface area is 154 Å². The van der Waals surface area contributed by atoms with Gasteiger partial charge in [0.25, 0.3) is 5.91 Å². The number of carbonyl (C=O) groups is 2. The molecule has 1 aromatic rings. The fourth-order valence-corrected chi connectivity index (χ4v) is 3.81. The van der Waals surface area contributed by atoms with Crippen LogP contribution < -0.4 is 10.0 Å². The standard InChI is InChI=1S/C18H26N2O5S/c1-14-8-10-16(11-9-14)26(23,24)19-12-18(22)25-13-17(21)20-15-6-4-2-3-5-7-15/h8-11,15,19H,2-7,12-13H2,1H3,(H,20,21). The monoisotopic (exact) mass is 382 g/mol. The number of carbonyl (C=O) groups excluding carboxylic acids is 2. The first kappa shape index (κ1) is 20.4. The van der Waals surface area contributed by atoms with Crippen molar-refractivity contribution in [1.29, 1.82) is 0 Å². The first-order valence-corrected chi connectivity index (χ1v) is 10.4. The summed E-state index contributed by atoms with van der Waals surface area (Å²) in [4.78, 5) is 23.6. The van der Waals surface area contributed by atoms with E-state index >= 15 is 0 Å². The molecule has 0 unspecified atom stereocenters. The van der Waals surface area contributed by atoms with Gasteiger partial charge in [0.2, 0.25) is 10.0 Å². The van der Waals surface area contributed by atoms with Gasteiger partial charge in [0, 0.05) is 6.04 Å². The highest BCUT2D eigenvalue weighted by atomic mass is 32.2. The molecule has 0 heterocycles. The molecule has 2 rings (SSSR count). The summed E-state index contributed by atoms with van der Waals surface area (Å²) in [6.07, 6.45) is 6.42. The van der Waals surface area contributed by atoms with Crippen LogP contribution in [0, 0.1) is 6.92 Å². The Bertz CT molecular complexity index is 708. The number of benzene rings is 1. The summed E-state index contributed by atoms with van der Waals surface area (Å²) >= 11 is 0. The van der Waals surface area contributed by atoms with Gasteiger partial charge in [-0.3, -0.25) is 9.59 Å². The summed E-state index contributed by atoms with van der Waals surface area (Å²) in [7, 11) is -3.79. The minimum atomic E-state index is -3.79. The van der Waals surface area contributed by atoms with Gasteiger partial charge in [0.05, 0.1) is 4.90 Å². The van der Waals surface area contributed by atoms with E-state index in [9.17, 15) is 18.0 Å². The minimum absolute atomic E-state index is 0.0713. The molecule has 1 aliphatic rings. The molecular formula is C18H26N2O5S. The van der Waals surface area contributed by atoms with Crippen LogP contribution in [0.5, 0.6) is 0 Å². The molecule has 0 aromatic heterocycles. The molecule has 1 saturated carbocycles. The number of sulfonamides is 1. The number of hydrogen-bond donors (Lipinski definition) is 2. The van der Waals surface area contributed by atoms with Crippen molar-refractivity contribution in [2.45, 2.75) is 56.4 Å². The fourth-order valence-electron chi connectivity index (χ4n) is 2.84. The lowest BCUT2D eigenvalue weighted by Crippen LogP contribution is -2.38. The van der Waals surface area contributed by atoms with E-state index in [0.717, 1.165) is 31.2 Å². The third-order valence-electron chi connectivity index (χ3n) is 4.32. The Morgan fingerprint density at radius 1 is 1.08 bits per heavy atom. The Morgan fingerprint density at radius 3 is 2.31 bits per heavy atom. The highest BCUT2D eigenvalue weighted by molar-refractivity contribution is 7.89. The van der Waals surface area contributed by atoms with Crippen LogP contribution in [0.2, 0.25) is 0 Å². The molecule has 7 nitrogen and oxygen atoms in total. The highest BCUT2D eigenvalue weighted by Gasteiger charge is 2.18. The summed E-state index contributed by atoms with van der Waals surface area (Å²) in [6.45, 7) is 0.926. The Hall–Kier alpha value is -1.93. The molecule has 0 atom stereocenters. The van der Waals surface area contributed by atoms with Gasteiger partial charge in [0.1, 0.15) is 6.54 Å². The second kappa shape index (κ2) is 9.68. The molecule has 26 heavy (non-hydrogen) atoms. The van der Waals surface area contributed by atoms with Crippen LogP contribution in [-0.2, 0) is 24.3 Å². The zero-order chi connectivity index (χ0) is 19.0. The Balaban J connectivity index is 1.72. The summed E-state index contributed by atoms with van der Waals surface area (Å²) in [5, 5.41) is 2.86. The van der Waals surface area contributed by atoms with Crippen molar-refractivity contribution in [3.63, 3.8) is 0 Å². The van der Waals surface area contributed by atoms with Crippen LogP contribution in [0.3, 0.4) is 0 Å². The SMILES string of the molecule is Cc1ccc(S(=O)(=O)NCC(=O)OCC(=O)NC2CCCCCC2)cc1. The van der Waals surface area contributed by atoms with Crippen LogP contribution in [0.25, 0.3) is 0 Å². The fraction of sp³-hybridized carbons (Fsp3) is 0.556. The quantitative estimate of drug-likeness (QED) is 0.552. The second-order valence-corrected chi connectivity index (χ2v) is 8.32. The molecule has 144 valence electrons. The van der Waals surface area contributed by atoms with Crippen molar-refractivity contribution in [1.82, 2.24) is 10.0 Å². The maximum absolute atomic E-state index is 12.1. The number of ether oxygens (including phenoxy) is 1. The zero-order valence-electron chi connectivity index (χ0n) is 15.0. The average Bonchev–Trinajstić information content (AvgIpc) is 2.87. The molecule has 0 radical (unpaired) electrons. The third-order valence-corrected chi connectivity index (χ3v) is 5.74. The topological polar surface area (TPSA) is 102 Å². The normalized spacial score (nSPS) is 15.9. The lowest BCUT2D eigenvalue weighted by molar-refractivity contribution is -0.147. The number of esters is 1. The van der Waals surface area contributed by atoms with Gasteiger partial charge < -0.3 is 10.1 Å². The van der Waals surface area contributed by atoms with Crippen LogP contribution in [0.15, 0.2) is 29.2 Å². The first-order valence-electron chi connectivity index (χ1n) is 8.88. The summed E-state index contributed by atoms with van der Waals surface area (Å²) in [5.74, 6) is -1.15. The molecule has 0 saturated heterocycles. The lowest BCUT2D eigenvalue weighted by Gasteiger charge is -2.16. The Kier molecular flexibility index (Phi) is 7.59. The maximum atomic E-state index is 12.1. The largest absolute Gasteiger partial charge is 0.455 e. The predicted octanol–water partition coefficient (Wildman–Crippen LogP) is 1.66. The van der Waals surface area contributed by atoms with E-state index < -0.39 is 29.1 Å². The van der Waals surface area contributed by atoms with E-state index in [1.54, 1.807) is 12.1 Å². The summed E-state index contributed by atoms with van der Waals surface area (Å²) in [6, 6.07) is 6.39. The van der Waals surface area contributed by atoms with E-state index in [1.165, 1.54) is 25.0 Å². The predicted molar refractivity (Wildman–Crippen MR) is 97.0 cm³/mol. The van der Waals surface area contributed by atoms with Gasteiger partial charge >= 0.3 is 5.97 Å². The molecule has 2 N–H and O–H groups in total. The minimum Gasteiger partial charge on any atom is -0.455 e. The molecule has 0 bridgehead atoms. The number of nitrogens with one attached hydrogen (secondary N) is 2. The van der Waals surface area contributed by atoms with Crippen molar-refractivity contribution in [3.05, 3.63) is 29.8 Å². The van der Waals surface area contributed by atoms with Gasteiger partial charge in [0.15, 0.2) is 6.61 Å². The highest BCUT2D eigenvalue weighted by Crippen LogP contribution is 2.17. The van der Waals surface area contributed by atoms with Crippen molar-refractivity contribution >= 4 is 21.9 Å². The number of amides is 1. The molecule has 1 aliphatic carbocycles. The van der Waals surface area contributed by atoms with E-state index in [4.69, 9.17) is 4.74 Å². The number of aryl methyl sites for hydroxylation is 1. The van der Waals surface area contributed by atoms with Gasteiger partial charge in [-0.05, 0) is 31.9 Å². The van der Waals surface area contributed by atoms with Gasteiger partial charge in [-0.25, -0.2) is 8.42 Å². The van der Waals surface area contributed by atoms with Gasteiger partial charge in [-0.1, -0.05) is 43.4 Å². The molecule has 8 heteroatoms. The average molecular weight is 382 g/mol. The van der Waals surface area contributed by atoms with Crippen molar-refractivity contribution in [2.75, 3.05) is 13.2 Å². The number of hydrogen-bond acceptors (Lipinski definition) is 5. The van der Waals surface area contributed by atoms with Crippen molar-refractivity contribution in [2.24, 2.45) is 0 Å². The maximum Gasteiger partial charge on any atom is 0.321 e. The van der Waals surface area contributed by atoms with E-state index in [1.807, 2.05) is 6.92 Å². The van der Waals surface area contributed by atoms with Crippen molar-refractivity contribution in [3.8, 4) is 0 Å². The molecule has 0 spiro atoms. The van der Waals surface area contributed by atoms with E-state index in [-0.39, 0.29) is 16.8 Å². The molecular weight excluding hydrogens is 356 g/mol. The van der Waals surface area contributed by atoms with Crippen LogP contribution in [-0.4, -0.2) is 39.5 Å². The van der Waals surface area contributed by atoms with Crippen LogP contribution in [0.4, 0.5) is 0 Å². The molecule has 1 fully saturated rings. The Morgan fingerprint density at radius 2 is 1.69 bits per heavy atom. The lowest BCUT2D eigenvalue weighted by atomic mass is 10.1. The van der Waals surface area contributed by atoms with E-state index in [2.05, 4.69) is 10.0 Å². The third kappa shape index (κ3) is 6.76. The first-order chi connectivity index (χ1) is 12.4. The second-order valence-electron chi connectivity index (χ2n) is 6.55. The summed E-state index contributed by atoms with van der Waals surface area (Å²) < 4.78 is 31.2. The summed E-state index contributed by atoms with van der Waals surface area (Å²) in [5.41, 5.74) is 0.933. The number of rotatable bonds is 7. The van der Waals surface area contributed by atoms with Crippen molar-refractivity contribution < 1.29 is 22.7 Å². The molecule has 0 aliphatic heterocycles. The smallest absolute Gasteiger partial charge is 0.321 e. The van der Waals surface area contributed by atoms with Crippen LogP contribution >= 0.6 is 0 Å². The zero-order valence-corrected chi connectivity index (χ0v) is 15.8. The molecule has 1 amide bonds. The van der Waals surface area contributed by atoms with Crippen LogP contribution in [0.1, 0.15) is 44.1 Å². The van der Waals surface area contributed by atoms with Gasteiger partial charge in [-0.2, -0.15) is 4.72 Å². The van der Waals surface area contributed by atoms with Gasteiger partial charge in [-0.15, -0.1) is 0 Å². The van der Waals surface area contributed by atoms with E-state index in [0.29, 0.717) is 0 Å². The molecule has 1 aromatic carbocycles.